The van der Waals surface area contributed by atoms with Crippen LogP contribution < -0.4 is 30.0 Å². The molecule has 0 bridgehead atoms. The molecule has 41 heavy (non-hydrogen) atoms. The van der Waals surface area contributed by atoms with E-state index in [1.54, 1.807) is 20.5 Å². The number of benzene rings is 2. The molecular formula is C30H36N7O3S+. The molecule has 0 spiro atoms. The van der Waals surface area contributed by atoms with Crippen LogP contribution in [0.15, 0.2) is 48.8 Å². The van der Waals surface area contributed by atoms with Crippen LogP contribution in [-0.4, -0.2) is 78.4 Å². The second-order valence-electron chi connectivity index (χ2n) is 10.7. The number of nitrogens with one attached hydrogen (secondary N) is 4. The lowest BCUT2D eigenvalue weighted by molar-refractivity contribution is -0.367. The fraction of sp³-hybridized carbons (Fsp3) is 0.400. The van der Waals surface area contributed by atoms with Gasteiger partial charge in [-0.2, -0.15) is 0 Å². The Morgan fingerprint density at radius 2 is 1.63 bits per heavy atom. The molecule has 4 aromatic rings. The number of rotatable bonds is 6. The molecule has 11 heteroatoms. The molecule has 0 radical (unpaired) electrons. The van der Waals surface area contributed by atoms with Crippen molar-refractivity contribution >= 4 is 51.0 Å². The third kappa shape index (κ3) is 5.58. The smallest absolute Gasteiger partial charge is 0.251 e. The minimum Gasteiger partial charge on any atom is -0.493 e. The quantitative estimate of drug-likeness (QED) is 0.301. The van der Waals surface area contributed by atoms with Gasteiger partial charge >= 0.3 is 0 Å². The van der Waals surface area contributed by atoms with Gasteiger partial charge in [-0.15, -0.1) is 0 Å². The van der Waals surface area contributed by atoms with Crippen molar-refractivity contribution in [2.75, 3.05) is 45.3 Å². The molecule has 2 fully saturated rings. The van der Waals surface area contributed by atoms with Gasteiger partial charge in [-0.25, -0.2) is 4.98 Å². The molecule has 1 aliphatic heterocycles. The number of carbonyl (C=O) groups is 1. The van der Waals surface area contributed by atoms with Crippen LogP contribution in [0.4, 0.5) is 5.82 Å². The molecule has 1 saturated carbocycles. The molecule has 1 amide bonds. The molecule has 2 aliphatic rings. The van der Waals surface area contributed by atoms with Gasteiger partial charge in [0.15, 0.2) is 16.6 Å². The van der Waals surface area contributed by atoms with Gasteiger partial charge < -0.3 is 30.0 Å². The highest BCUT2D eigenvalue weighted by molar-refractivity contribution is 7.80. The number of ether oxygens (including phenoxy) is 2. The number of fused-ring (bicyclic) bond motifs is 3. The van der Waals surface area contributed by atoms with Crippen molar-refractivity contribution in [3.63, 3.8) is 0 Å². The molecular weight excluding hydrogens is 538 g/mol. The van der Waals surface area contributed by atoms with Crippen molar-refractivity contribution in [1.29, 1.82) is 0 Å². The van der Waals surface area contributed by atoms with E-state index in [0.717, 1.165) is 84.7 Å². The van der Waals surface area contributed by atoms with Crippen molar-refractivity contribution in [2.45, 2.75) is 37.8 Å². The highest BCUT2D eigenvalue weighted by atomic mass is 32.1. The van der Waals surface area contributed by atoms with Crippen LogP contribution in [-0.2, 0) is 0 Å². The molecule has 1 saturated heterocycles. The van der Waals surface area contributed by atoms with Crippen LogP contribution in [0.25, 0.3) is 21.9 Å². The second kappa shape index (κ2) is 11.8. The Balaban J connectivity index is 1.05. The number of hydrogen-bond acceptors (Lipinski definition) is 6. The maximum atomic E-state index is 12.5. The van der Waals surface area contributed by atoms with Gasteiger partial charge in [-0.1, -0.05) is 23.2 Å². The van der Waals surface area contributed by atoms with E-state index in [1.165, 1.54) is 0 Å². The average molecular weight is 575 g/mol. The molecule has 2 aromatic heterocycles. The van der Waals surface area contributed by atoms with Crippen molar-refractivity contribution in [1.82, 2.24) is 25.5 Å². The number of nitrogens with zero attached hydrogens (tertiary/aromatic N) is 3. The van der Waals surface area contributed by atoms with Gasteiger partial charge in [-0.3, -0.25) is 9.69 Å². The fourth-order valence-electron chi connectivity index (χ4n) is 5.96. The van der Waals surface area contributed by atoms with Crippen LogP contribution in [0.2, 0.25) is 0 Å². The summed E-state index contributed by atoms with van der Waals surface area (Å²) in [5.74, 6) is 2.40. The van der Waals surface area contributed by atoms with Gasteiger partial charge in [0.2, 0.25) is 17.8 Å². The van der Waals surface area contributed by atoms with E-state index >= 15 is 0 Å². The Labute approximate surface area is 244 Å². The molecule has 3 heterocycles. The second-order valence-corrected chi connectivity index (χ2v) is 11.1. The number of thiocarbonyl (C=S) groups is 1. The Morgan fingerprint density at radius 3 is 2.32 bits per heavy atom. The predicted octanol–water partition coefficient (Wildman–Crippen LogP) is 3.29. The summed E-state index contributed by atoms with van der Waals surface area (Å²) >= 11 is 5.83. The van der Waals surface area contributed by atoms with E-state index in [9.17, 15) is 4.79 Å². The Bertz CT molecular complexity index is 1540. The summed E-state index contributed by atoms with van der Waals surface area (Å²) < 4.78 is 11.1. The summed E-state index contributed by atoms with van der Waals surface area (Å²) in [7, 11) is 3.29. The SMILES string of the molecule is COc1cc2[nH]c3nc[nH+]c(N4CCN(C(=S)NC5CCC(NC(=O)c6ccccc6)CC5)CC4)c3c2cc1OC. The monoisotopic (exact) mass is 574 g/mol. The molecule has 4 N–H and O–H groups in total. The van der Waals surface area contributed by atoms with Crippen molar-refractivity contribution in [2.24, 2.45) is 0 Å². The average Bonchev–Trinajstić information content (AvgIpc) is 3.39. The zero-order chi connectivity index (χ0) is 28.3. The maximum absolute atomic E-state index is 12.5. The fourth-order valence-corrected chi connectivity index (χ4v) is 6.31. The van der Waals surface area contributed by atoms with Crippen LogP contribution in [0.1, 0.15) is 36.0 Å². The molecule has 214 valence electrons. The number of hydrogen-bond donors (Lipinski definition) is 3. The van der Waals surface area contributed by atoms with Crippen molar-refractivity contribution in [3.8, 4) is 11.5 Å². The molecule has 0 unspecified atom stereocenters. The largest absolute Gasteiger partial charge is 0.493 e. The molecule has 2 aromatic carbocycles. The summed E-state index contributed by atoms with van der Waals surface area (Å²) in [5.41, 5.74) is 2.48. The third-order valence-corrected chi connectivity index (χ3v) is 8.60. The van der Waals surface area contributed by atoms with E-state index < -0.39 is 0 Å². The van der Waals surface area contributed by atoms with Crippen LogP contribution in [0.5, 0.6) is 11.5 Å². The summed E-state index contributed by atoms with van der Waals surface area (Å²) in [6, 6.07) is 13.9. The number of piperazine rings is 1. The van der Waals surface area contributed by atoms with Gasteiger partial charge in [0, 0.05) is 29.1 Å². The number of H-pyrrole nitrogens is 2. The molecule has 6 rings (SSSR count). The molecule has 1 aliphatic carbocycles. The van der Waals surface area contributed by atoms with Gasteiger partial charge in [-0.05, 0) is 56.1 Å². The number of anilines is 1. The highest BCUT2D eigenvalue weighted by Gasteiger charge is 2.29. The lowest BCUT2D eigenvalue weighted by Gasteiger charge is -2.37. The number of aromatic amines is 2. The third-order valence-electron chi connectivity index (χ3n) is 8.22. The van der Waals surface area contributed by atoms with Crippen LogP contribution in [0.3, 0.4) is 0 Å². The minimum absolute atomic E-state index is 0.00520. The Morgan fingerprint density at radius 1 is 0.976 bits per heavy atom. The van der Waals surface area contributed by atoms with E-state index in [2.05, 4.69) is 35.4 Å². The Kier molecular flexibility index (Phi) is 7.78. The summed E-state index contributed by atoms with van der Waals surface area (Å²) in [4.78, 5) is 28.5. The van der Waals surface area contributed by atoms with Crippen molar-refractivity contribution in [3.05, 3.63) is 54.4 Å². The normalized spacial score (nSPS) is 19.3. The number of carbonyl (C=O) groups excluding carboxylic acids is 1. The van der Waals surface area contributed by atoms with E-state index in [0.29, 0.717) is 23.1 Å². The first-order valence-corrected chi connectivity index (χ1v) is 14.5. The Hall–Kier alpha value is -4.12. The summed E-state index contributed by atoms with van der Waals surface area (Å²) in [6.07, 6.45) is 5.60. The van der Waals surface area contributed by atoms with E-state index in [1.807, 2.05) is 42.5 Å². The van der Waals surface area contributed by atoms with Crippen LogP contribution in [0, 0.1) is 0 Å². The first-order chi connectivity index (χ1) is 20.0. The topological polar surface area (TPSA) is 109 Å². The first-order valence-electron chi connectivity index (χ1n) is 14.1. The number of methoxy groups -OCH3 is 2. The van der Waals surface area contributed by atoms with Gasteiger partial charge in [0.1, 0.15) is 5.39 Å². The molecule has 10 nitrogen and oxygen atoms in total. The van der Waals surface area contributed by atoms with Crippen molar-refractivity contribution < 1.29 is 19.3 Å². The lowest BCUT2D eigenvalue weighted by Crippen LogP contribution is -2.55. The van der Waals surface area contributed by atoms with E-state index in [4.69, 9.17) is 21.7 Å². The lowest BCUT2D eigenvalue weighted by atomic mass is 9.91. The minimum atomic E-state index is 0.00520. The standard InChI is InChI=1S/C30H35N7O3S/c1-39-24-16-22-23(17-25(24)40-2)35-27-26(22)28(32-18-31-27)36-12-14-37(15-13-36)30(41)34-21-10-8-20(9-11-21)33-29(38)19-6-4-3-5-7-19/h3-7,16-18,20-21H,8-15H2,1-2H3,(H,33,38)(H,34,41)(H,31,32,35)/p+1. The van der Waals surface area contributed by atoms with E-state index in [-0.39, 0.29) is 11.9 Å². The highest BCUT2D eigenvalue weighted by Crippen LogP contribution is 2.37. The maximum Gasteiger partial charge on any atom is 0.251 e. The number of aromatic nitrogens is 3. The molecule has 0 atom stereocenters. The first kappa shape index (κ1) is 27.1. The van der Waals surface area contributed by atoms with Gasteiger partial charge in [0.05, 0.1) is 45.9 Å². The number of amides is 1. The van der Waals surface area contributed by atoms with Crippen LogP contribution >= 0.6 is 12.2 Å². The summed E-state index contributed by atoms with van der Waals surface area (Å²) in [5, 5.41) is 9.67. The predicted molar refractivity (Wildman–Crippen MR) is 163 cm³/mol. The zero-order valence-corrected chi connectivity index (χ0v) is 24.2. The zero-order valence-electron chi connectivity index (χ0n) is 23.4. The van der Waals surface area contributed by atoms with Gasteiger partial charge in [0.25, 0.3) is 5.91 Å². The summed E-state index contributed by atoms with van der Waals surface area (Å²) in [6.45, 7) is 3.31.